The Hall–Kier alpha value is -1.35. The smallest absolute Gasteiger partial charge is 0.220 e. The van der Waals surface area contributed by atoms with Crippen LogP contribution in [0.3, 0.4) is 0 Å². The van der Waals surface area contributed by atoms with Gasteiger partial charge in [-0.05, 0) is 51.4 Å². The van der Waals surface area contributed by atoms with E-state index in [1.165, 1.54) is 11.1 Å². The Balaban J connectivity index is 2.35. The first-order valence-corrected chi connectivity index (χ1v) is 7.80. The van der Waals surface area contributed by atoms with Gasteiger partial charge in [-0.15, -0.1) is 0 Å². The summed E-state index contributed by atoms with van der Waals surface area (Å²) in [6, 6.07) is 8.62. The lowest BCUT2D eigenvalue weighted by Crippen LogP contribution is -2.29. The van der Waals surface area contributed by atoms with Crippen LogP contribution in [0, 0.1) is 6.92 Å². The van der Waals surface area contributed by atoms with Crippen LogP contribution in [0.4, 0.5) is 0 Å². The zero-order valence-corrected chi connectivity index (χ0v) is 14.2. The summed E-state index contributed by atoms with van der Waals surface area (Å²) < 4.78 is 0. The molecular weight excluding hydrogens is 260 g/mol. The molecule has 0 saturated carbocycles. The molecule has 0 spiro atoms. The molecule has 118 valence electrons. The normalized spacial score (nSPS) is 11.7. The van der Waals surface area contributed by atoms with E-state index in [0.29, 0.717) is 6.42 Å². The van der Waals surface area contributed by atoms with Gasteiger partial charge < -0.3 is 10.2 Å². The molecule has 0 unspecified atom stereocenters. The third-order valence-corrected chi connectivity index (χ3v) is 3.91. The fourth-order valence-corrected chi connectivity index (χ4v) is 2.29. The predicted molar refractivity (Wildman–Crippen MR) is 89.6 cm³/mol. The maximum atomic E-state index is 11.9. The van der Waals surface area contributed by atoms with Crippen LogP contribution in [0.25, 0.3) is 0 Å². The van der Waals surface area contributed by atoms with Crippen LogP contribution in [0.1, 0.15) is 44.2 Å². The number of carbonyl (C=O) groups excluding carboxylic acids is 1. The number of amides is 1. The third kappa shape index (κ3) is 6.76. The fourth-order valence-electron chi connectivity index (χ4n) is 2.29. The van der Waals surface area contributed by atoms with Gasteiger partial charge in [-0.1, -0.05) is 43.7 Å². The zero-order valence-electron chi connectivity index (χ0n) is 14.2. The van der Waals surface area contributed by atoms with Crippen molar-refractivity contribution in [2.75, 3.05) is 27.2 Å². The Morgan fingerprint density at radius 1 is 1.19 bits per heavy atom. The quantitative estimate of drug-likeness (QED) is 0.746. The van der Waals surface area contributed by atoms with E-state index in [-0.39, 0.29) is 11.3 Å². The first-order chi connectivity index (χ1) is 9.81. The van der Waals surface area contributed by atoms with E-state index in [1.54, 1.807) is 0 Å². The molecule has 21 heavy (non-hydrogen) atoms. The third-order valence-electron chi connectivity index (χ3n) is 3.91. The van der Waals surface area contributed by atoms with Crippen LogP contribution in [-0.4, -0.2) is 38.0 Å². The van der Waals surface area contributed by atoms with Crippen molar-refractivity contribution >= 4 is 5.91 Å². The standard InChI is InChI=1S/C18H30N2O/c1-15-7-9-16(10-8-15)18(2,3)12-11-17(21)19-13-6-14-20(4)5/h7-10H,6,11-14H2,1-5H3,(H,19,21). The molecule has 1 aromatic carbocycles. The van der Waals surface area contributed by atoms with Gasteiger partial charge in [0.2, 0.25) is 5.91 Å². The summed E-state index contributed by atoms with van der Waals surface area (Å²) in [5.41, 5.74) is 2.61. The van der Waals surface area contributed by atoms with Gasteiger partial charge in [0.1, 0.15) is 0 Å². The molecule has 0 aliphatic heterocycles. The molecule has 1 aromatic rings. The topological polar surface area (TPSA) is 32.3 Å². The molecule has 1 rings (SSSR count). The van der Waals surface area contributed by atoms with E-state index in [9.17, 15) is 4.79 Å². The Bertz CT molecular complexity index is 435. The van der Waals surface area contributed by atoms with E-state index >= 15 is 0 Å². The number of hydrogen-bond acceptors (Lipinski definition) is 2. The predicted octanol–water partition coefficient (Wildman–Crippen LogP) is 3.12. The summed E-state index contributed by atoms with van der Waals surface area (Å²) >= 11 is 0. The molecule has 1 N–H and O–H groups in total. The highest BCUT2D eigenvalue weighted by Gasteiger charge is 2.21. The summed E-state index contributed by atoms with van der Waals surface area (Å²) in [5.74, 6) is 0.161. The number of aryl methyl sites for hydroxylation is 1. The maximum absolute atomic E-state index is 11.9. The van der Waals surface area contributed by atoms with Gasteiger partial charge in [-0.25, -0.2) is 0 Å². The number of nitrogens with one attached hydrogen (secondary N) is 1. The average molecular weight is 290 g/mol. The van der Waals surface area contributed by atoms with Crippen LogP contribution in [0.5, 0.6) is 0 Å². The lowest BCUT2D eigenvalue weighted by Gasteiger charge is -2.25. The van der Waals surface area contributed by atoms with Gasteiger partial charge in [-0.3, -0.25) is 4.79 Å². The van der Waals surface area contributed by atoms with Gasteiger partial charge >= 0.3 is 0 Å². The highest BCUT2D eigenvalue weighted by molar-refractivity contribution is 5.75. The minimum Gasteiger partial charge on any atom is -0.356 e. The largest absolute Gasteiger partial charge is 0.356 e. The van der Waals surface area contributed by atoms with Crippen molar-refractivity contribution in [3.63, 3.8) is 0 Å². The van der Waals surface area contributed by atoms with Crippen molar-refractivity contribution in [3.8, 4) is 0 Å². The van der Waals surface area contributed by atoms with E-state index in [2.05, 4.69) is 55.3 Å². The number of benzene rings is 1. The van der Waals surface area contributed by atoms with Crippen molar-refractivity contribution in [2.45, 2.75) is 45.4 Å². The Morgan fingerprint density at radius 3 is 2.38 bits per heavy atom. The second-order valence-electron chi connectivity index (χ2n) is 6.76. The Kier molecular flexibility index (Phi) is 6.90. The summed E-state index contributed by atoms with van der Waals surface area (Å²) in [6.45, 7) is 8.28. The molecule has 0 fully saturated rings. The monoisotopic (exact) mass is 290 g/mol. The van der Waals surface area contributed by atoms with Crippen LogP contribution >= 0.6 is 0 Å². The number of hydrogen-bond donors (Lipinski definition) is 1. The van der Waals surface area contributed by atoms with E-state index in [1.807, 2.05) is 14.1 Å². The SMILES string of the molecule is Cc1ccc(C(C)(C)CCC(=O)NCCCN(C)C)cc1. The summed E-state index contributed by atoms with van der Waals surface area (Å²) in [6.07, 6.45) is 2.46. The van der Waals surface area contributed by atoms with Crippen molar-refractivity contribution in [2.24, 2.45) is 0 Å². The first kappa shape index (κ1) is 17.7. The van der Waals surface area contributed by atoms with Crippen molar-refractivity contribution in [1.29, 1.82) is 0 Å². The van der Waals surface area contributed by atoms with Gasteiger partial charge in [0.05, 0.1) is 0 Å². The molecule has 0 aromatic heterocycles. The highest BCUT2D eigenvalue weighted by Crippen LogP contribution is 2.28. The Morgan fingerprint density at radius 2 is 1.81 bits per heavy atom. The molecule has 3 nitrogen and oxygen atoms in total. The summed E-state index contributed by atoms with van der Waals surface area (Å²) in [4.78, 5) is 14.0. The second-order valence-corrected chi connectivity index (χ2v) is 6.76. The molecule has 0 saturated heterocycles. The Labute approximate surface area is 129 Å². The molecule has 0 heterocycles. The van der Waals surface area contributed by atoms with E-state index in [4.69, 9.17) is 0 Å². The number of carbonyl (C=O) groups is 1. The van der Waals surface area contributed by atoms with Crippen LogP contribution in [0.2, 0.25) is 0 Å². The average Bonchev–Trinajstić information content (AvgIpc) is 2.42. The van der Waals surface area contributed by atoms with Gasteiger partial charge in [0, 0.05) is 13.0 Å². The molecule has 3 heteroatoms. The summed E-state index contributed by atoms with van der Waals surface area (Å²) in [7, 11) is 4.10. The van der Waals surface area contributed by atoms with Crippen LogP contribution in [-0.2, 0) is 10.2 Å². The molecule has 1 amide bonds. The van der Waals surface area contributed by atoms with Crippen LogP contribution < -0.4 is 5.32 Å². The van der Waals surface area contributed by atoms with E-state index in [0.717, 1.165) is 25.9 Å². The van der Waals surface area contributed by atoms with Gasteiger partial charge in [0.25, 0.3) is 0 Å². The molecule has 0 bridgehead atoms. The lowest BCUT2D eigenvalue weighted by atomic mass is 9.80. The lowest BCUT2D eigenvalue weighted by molar-refractivity contribution is -0.121. The molecule has 0 aliphatic carbocycles. The van der Waals surface area contributed by atoms with E-state index < -0.39 is 0 Å². The first-order valence-electron chi connectivity index (χ1n) is 7.80. The zero-order chi connectivity index (χ0) is 15.9. The van der Waals surface area contributed by atoms with Crippen molar-refractivity contribution < 1.29 is 4.79 Å². The molecule has 0 atom stereocenters. The number of nitrogens with zero attached hydrogens (tertiary/aromatic N) is 1. The van der Waals surface area contributed by atoms with Crippen molar-refractivity contribution in [1.82, 2.24) is 10.2 Å². The van der Waals surface area contributed by atoms with Gasteiger partial charge in [-0.2, -0.15) is 0 Å². The number of rotatable bonds is 8. The fraction of sp³-hybridized carbons (Fsp3) is 0.611. The van der Waals surface area contributed by atoms with Crippen LogP contribution in [0.15, 0.2) is 24.3 Å². The second kappa shape index (κ2) is 8.18. The van der Waals surface area contributed by atoms with Gasteiger partial charge in [0.15, 0.2) is 0 Å². The molecular formula is C18H30N2O. The highest BCUT2D eigenvalue weighted by atomic mass is 16.1. The molecule has 0 aliphatic rings. The maximum Gasteiger partial charge on any atom is 0.220 e. The summed E-state index contributed by atoms with van der Waals surface area (Å²) in [5, 5.41) is 3.01. The minimum atomic E-state index is 0.0364. The minimum absolute atomic E-state index is 0.0364. The van der Waals surface area contributed by atoms with Crippen molar-refractivity contribution in [3.05, 3.63) is 35.4 Å². The molecule has 0 radical (unpaired) electrons.